The molecule has 1 aromatic heterocycles. The van der Waals surface area contributed by atoms with Gasteiger partial charge in [-0.2, -0.15) is 11.8 Å². The summed E-state index contributed by atoms with van der Waals surface area (Å²) in [6.07, 6.45) is 0. The molecule has 6 nitrogen and oxygen atoms in total. The van der Waals surface area contributed by atoms with Gasteiger partial charge in [0.05, 0.1) is 5.69 Å². The van der Waals surface area contributed by atoms with Crippen molar-refractivity contribution in [3.63, 3.8) is 0 Å². The molecule has 1 aromatic rings. The fraction of sp³-hybridized carbons (Fsp3) is 0.667. The topological polar surface area (TPSA) is 83.4 Å². The van der Waals surface area contributed by atoms with Gasteiger partial charge in [0.2, 0.25) is 0 Å². The van der Waals surface area contributed by atoms with Crippen LogP contribution in [0.5, 0.6) is 0 Å². The first-order chi connectivity index (χ1) is 9.32. The van der Waals surface area contributed by atoms with E-state index in [-0.39, 0.29) is 11.3 Å². The number of thioether (sulfide) groups is 1. The summed E-state index contributed by atoms with van der Waals surface area (Å²) in [5.74, 6) is -0.0388. The minimum absolute atomic E-state index is 0.266. The molecule has 1 saturated heterocycles. The van der Waals surface area contributed by atoms with Crippen molar-refractivity contribution in [1.29, 1.82) is 0 Å². The average Bonchev–Trinajstić information content (AvgIpc) is 2.87. The Hall–Kier alpha value is -1.15. The Labute approximate surface area is 125 Å². The molecule has 1 aliphatic rings. The second kappa shape index (κ2) is 5.69. The van der Waals surface area contributed by atoms with E-state index < -0.39 is 12.0 Å². The third-order valence-electron chi connectivity index (χ3n) is 3.07. The van der Waals surface area contributed by atoms with E-state index in [4.69, 9.17) is 0 Å². The highest BCUT2D eigenvalue weighted by Crippen LogP contribution is 2.28. The third-order valence-corrected chi connectivity index (χ3v) is 4.80. The summed E-state index contributed by atoms with van der Waals surface area (Å²) in [7, 11) is 0. The maximum Gasteiger partial charge on any atom is 0.327 e. The lowest BCUT2D eigenvalue weighted by Gasteiger charge is -2.32. The molecule has 20 heavy (non-hydrogen) atoms. The van der Waals surface area contributed by atoms with E-state index in [0.29, 0.717) is 22.9 Å². The van der Waals surface area contributed by atoms with Crippen molar-refractivity contribution in [3.8, 4) is 0 Å². The SMILES string of the molecule is CC(C)(C)c1nnsc1C(=O)N1CCSCC1C(=O)O. The van der Waals surface area contributed by atoms with Gasteiger partial charge >= 0.3 is 5.97 Å². The number of aromatic nitrogens is 2. The summed E-state index contributed by atoms with van der Waals surface area (Å²) < 4.78 is 3.87. The van der Waals surface area contributed by atoms with Crippen molar-refractivity contribution in [2.24, 2.45) is 0 Å². The first kappa shape index (κ1) is 15.2. The van der Waals surface area contributed by atoms with Gasteiger partial charge in [0, 0.05) is 23.5 Å². The molecule has 0 radical (unpaired) electrons. The minimum atomic E-state index is -0.958. The van der Waals surface area contributed by atoms with Crippen LogP contribution in [0.3, 0.4) is 0 Å². The molecule has 1 amide bonds. The van der Waals surface area contributed by atoms with Crippen LogP contribution in [0.4, 0.5) is 0 Å². The molecule has 2 heterocycles. The lowest BCUT2D eigenvalue weighted by Crippen LogP contribution is -2.50. The summed E-state index contributed by atoms with van der Waals surface area (Å²) >= 11 is 2.60. The van der Waals surface area contributed by atoms with E-state index in [2.05, 4.69) is 9.59 Å². The van der Waals surface area contributed by atoms with E-state index in [0.717, 1.165) is 17.3 Å². The molecule has 8 heteroatoms. The molecule has 0 aliphatic carbocycles. The largest absolute Gasteiger partial charge is 0.480 e. The van der Waals surface area contributed by atoms with Gasteiger partial charge in [-0.1, -0.05) is 25.3 Å². The van der Waals surface area contributed by atoms with Crippen LogP contribution < -0.4 is 0 Å². The minimum Gasteiger partial charge on any atom is -0.480 e. The molecule has 0 aromatic carbocycles. The first-order valence-electron chi connectivity index (χ1n) is 6.26. The van der Waals surface area contributed by atoms with Crippen LogP contribution in [0.15, 0.2) is 0 Å². The second-order valence-electron chi connectivity index (χ2n) is 5.63. The summed E-state index contributed by atoms with van der Waals surface area (Å²) in [5.41, 5.74) is 0.344. The summed E-state index contributed by atoms with van der Waals surface area (Å²) in [5, 5.41) is 13.3. The van der Waals surface area contributed by atoms with Crippen molar-refractivity contribution < 1.29 is 14.7 Å². The maximum atomic E-state index is 12.6. The van der Waals surface area contributed by atoms with Gasteiger partial charge in [-0.05, 0) is 11.5 Å². The number of nitrogens with zero attached hydrogens (tertiary/aromatic N) is 3. The van der Waals surface area contributed by atoms with Gasteiger partial charge in [-0.3, -0.25) is 4.79 Å². The quantitative estimate of drug-likeness (QED) is 0.890. The Morgan fingerprint density at radius 3 is 2.70 bits per heavy atom. The molecule has 110 valence electrons. The highest BCUT2D eigenvalue weighted by Gasteiger charge is 2.36. The van der Waals surface area contributed by atoms with Gasteiger partial charge in [-0.25, -0.2) is 4.79 Å². The third kappa shape index (κ3) is 2.95. The maximum absolute atomic E-state index is 12.6. The molecular weight excluding hydrogens is 298 g/mol. The number of amides is 1. The molecule has 1 N–H and O–H groups in total. The van der Waals surface area contributed by atoms with Crippen LogP contribution in [-0.2, 0) is 10.2 Å². The molecule has 0 saturated carbocycles. The normalized spacial score (nSPS) is 19.9. The average molecular weight is 315 g/mol. The summed E-state index contributed by atoms with van der Waals surface area (Å²) in [6.45, 7) is 6.33. The molecule has 1 unspecified atom stereocenters. The molecule has 1 fully saturated rings. The number of carbonyl (C=O) groups excluding carboxylic acids is 1. The molecule has 1 aliphatic heterocycles. The number of hydrogen-bond donors (Lipinski definition) is 1. The first-order valence-corrected chi connectivity index (χ1v) is 8.19. The molecular formula is C12H17N3O3S2. The Bertz CT molecular complexity index is 524. The highest BCUT2D eigenvalue weighted by molar-refractivity contribution is 7.99. The Morgan fingerprint density at radius 2 is 2.10 bits per heavy atom. The van der Waals surface area contributed by atoms with Crippen LogP contribution in [-0.4, -0.2) is 55.6 Å². The standard InChI is InChI=1S/C12H17N3O3S2/c1-12(2,3)9-8(20-14-13-9)10(16)15-4-5-19-6-7(15)11(17)18/h7H,4-6H2,1-3H3,(H,17,18). The lowest BCUT2D eigenvalue weighted by molar-refractivity contribution is -0.141. The summed E-state index contributed by atoms with van der Waals surface area (Å²) in [6, 6.07) is -0.767. The van der Waals surface area contributed by atoms with E-state index in [1.807, 2.05) is 20.8 Å². The highest BCUT2D eigenvalue weighted by atomic mass is 32.2. The van der Waals surface area contributed by atoms with Gasteiger partial charge in [-0.15, -0.1) is 5.10 Å². The fourth-order valence-electron chi connectivity index (χ4n) is 2.00. The van der Waals surface area contributed by atoms with Gasteiger partial charge in [0.1, 0.15) is 10.9 Å². The van der Waals surface area contributed by atoms with Crippen LogP contribution in [0.25, 0.3) is 0 Å². The smallest absolute Gasteiger partial charge is 0.327 e. The van der Waals surface area contributed by atoms with Crippen LogP contribution in [0.2, 0.25) is 0 Å². The van der Waals surface area contributed by atoms with Crippen molar-refractivity contribution in [2.45, 2.75) is 32.2 Å². The van der Waals surface area contributed by atoms with E-state index in [1.165, 1.54) is 4.90 Å². The zero-order chi connectivity index (χ0) is 14.9. The number of hydrogen-bond acceptors (Lipinski definition) is 6. The van der Waals surface area contributed by atoms with Gasteiger partial charge < -0.3 is 10.0 Å². The number of carbonyl (C=O) groups is 2. The molecule has 1 atom stereocenters. The second-order valence-corrected chi connectivity index (χ2v) is 7.53. The zero-order valence-electron chi connectivity index (χ0n) is 11.6. The predicted octanol–water partition coefficient (Wildman–Crippen LogP) is 1.48. The molecule has 2 rings (SSSR count). The monoisotopic (exact) mass is 315 g/mol. The van der Waals surface area contributed by atoms with Crippen molar-refractivity contribution in [3.05, 3.63) is 10.6 Å². The van der Waals surface area contributed by atoms with E-state index in [9.17, 15) is 14.7 Å². The number of carboxylic acids is 1. The predicted molar refractivity (Wildman–Crippen MR) is 78.4 cm³/mol. The van der Waals surface area contributed by atoms with E-state index >= 15 is 0 Å². The summed E-state index contributed by atoms with van der Waals surface area (Å²) in [4.78, 5) is 25.8. The van der Waals surface area contributed by atoms with Crippen LogP contribution >= 0.6 is 23.3 Å². The van der Waals surface area contributed by atoms with Gasteiger partial charge in [0.25, 0.3) is 5.91 Å². The Kier molecular flexibility index (Phi) is 4.33. The van der Waals surface area contributed by atoms with Crippen molar-refractivity contribution >= 4 is 35.2 Å². The number of carboxylic acid groups (broad SMARTS) is 1. The van der Waals surface area contributed by atoms with Crippen molar-refractivity contribution in [2.75, 3.05) is 18.1 Å². The molecule has 0 bridgehead atoms. The van der Waals surface area contributed by atoms with Crippen LogP contribution in [0.1, 0.15) is 36.1 Å². The van der Waals surface area contributed by atoms with Gasteiger partial charge in [0.15, 0.2) is 0 Å². The number of aliphatic carboxylic acids is 1. The lowest BCUT2D eigenvalue weighted by atomic mass is 9.91. The Morgan fingerprint density at radius 1 is 1.40 bits per heavy atom. The van der Waals surface area contributed by atoms with Crippen molar-refractivity contribution in [1.82, 2.24) is 14.5 Å². The Balaban J connectivity index is 2.31. The van der Waals surface area contributed by atoms with Crippen LogP contribution in [0, 0.1) is 0 Å². The fourth-order valence-corrected chi connectivity index (χ4v) is 3.87. The number of rotatable bonds is 2. The van der Waals surface area contributed by atoms with E-state index in [1.54, 1.807) is 11.8 Å². The zero-order valence-corrected chi connectivity index (χ0v) is 13.3. The molecule has 0 spiro atoms.